The van der Waals surface area contributed by atoms with Gasteiger partial charge in [-0.25, -0.2) is 0 Å². The third-order valence-electron chi connectivity index (χ3n) is 2.47. The van der Waals surface area contributed by atoms with Gasteiger partial charge in [0, 0.05) is 5.56 Å². The fourth-order valence-electron chi connectivity index (χ4n) is 1.41. The number of carbonyl (C=O) groups is 1. The van der Waals surface area contributed by atoms with Crippen LogP contribution in [0.4, 0.5) is 0 Å². The second kappa shape index (κ2) is 6.78. The summed E-state index contributed by atoms with van der Waals surface area (Å²) in [5.74, 6) is -0.205. The van der Waals surface area contributed by atoms with Gasteiger partial charge in [0.15, 0.2) is 0 Å². The molecule has 0 fully saturated rings. The van der Waals surface area contributed by atoms with Gasteiger partial charge in [-0.15, -0.1) is 22.6 Å². The van der Waals surface area contributed by atoms with Crippen molar-refractivity contribution in [3.63, 3.8) is 0 Å². The van der Waals surface area contributed by atoms with E-state index in [4.69, 9.17) is 5.73 Å². The molecule has 108 valence electrons. The molecule has 7 heteroatoms. The average molecular weight is 313 g/mol. The molecule has 20 heavy (non-hydrogen) atoms. The lowest BCUT2D eigenvalue weighted by molar-refractivity contribution is -0.125. The number of hydrogen-bond donors (Lipinski definition) is 2. The van der Waals surface area contributed by atoms with Crippen LogP contribution in [-0.2, 0) is 11.3 Å². The van der Waals surface area contributed by atoms with Crippen LogP contribution in [0.2, 0.25) is 0 Å². The molecule has 1 amide bonds. The van der Waals surface area contributed by atoms with Crippen LogP contribution in [0.1, 0.15) is 18.9 Å². The van der Waals surface area contributed by atoms with Crippen molar-refractivity contribution in [1.82, 2.24) is 15.5 Å². The van der Waals surface area contributed by atoms with E-state index in [9.17, 15) is 4.79 Å². The number of aromatic nitrogens is 2. The van der Waals surface area contributed by atoms with Crippen molar-refractivity contribution in [3.8, 4) is 10.6 Å². The maximum absolute atomic E-state index is 11.6. The molecule has 0 aliphatic heterocycles. The van der Waals surface area contributed by atoms with Crippen molar-refractivity contribution in [1.29, 1.82) is 0 Å². The van der Waals surface area contributed by atoms with Crippen molar-refractivity contribution in [2.75, 3.05) is 0 Å². The van der Waals surface area contributed by atoms with E-state index in [0.717, 1.165) is 15.6 Å². The van der Waals surface area contributed by atoms with Crippen molar-refractivity contribution in [3.05, 3.63) is 35.3 Å². The highest BCUT2D eigenvalue weighted by Gasteiger charge is 2.21. The highest BCUT2D eigenvalue weighted by atomic mass is 35.5. The predicted molar refractivity (Wildman–Crippen MR) is 82.7 cm³/mol. The molecule has 0 saturated heterocycles. The Morgan fingerprint density at radius 3 is 2.55 bits per heavy atom. The number of benzene rings is 1. The van der Waals surface area contributed by atoms with Gasteiger partial charge in [-0.05, 0) is 13.8 Å². The number of amides is 1. The highest BCUT2D eigenvalue weighted by molar-refractivity contribution is 7.14. The van der Waals surface area contributed by atoms with Gasteiger partial charge < -0.3 is 11.1 Å². The minimum Gasteiger partial charge on any atom is -0.348 e. The summed E-state index contributed by atoms with van der Waals surface area (Å²) >= 11 is 1.46. The summed E-state index contributed by atoms with van der Waals surface area (Å²) < 4.78 is 0. The summed E-state index contributed by atoms with van der Waals surface area (Å²) in [6.07, 6.45) is 0. The van der Waals surface area contributed by atoms with E-state index in [1.165, 1.54) is 11.3 Å². The van der Waals surface area contributed by atoms with Crippen LogP contribution in [0.5, 0.6) is 0 Å². The molecule has 3 N–H and O–H groups in total. The minimum atomic E-state index is -0.882. The maximum Gasteiger partial charge on any atom is 0.239 e. The molecule has 1 aromatic carbocycles. The molecule has 0 bridgehead atoms. The Labute approximate surface area is 128 Å². The minimum absolute atomic E-state index is 0. The van der Waals surface area contributed by atoms with Crippen molar-refractivity contribution in [2.45, 2.75) is 25.9 Å². The van der Waals surface area contributed by atoms with Crippen molar-refractivity contribution in [2.24, 2.45) is 5.73 Å². The van der Waals surface area contributed by atoms with Gasteiger partial charge >= 0.3 is 0 Å². The van der Waals surface area contributed by atoms with Crippen LogP contribution in [0.25, 0.3) is 10.6 Å². The van der Waals surface area contributed by atoms with E-state index in [1.54, 1.807) is 13.8 Å². The summed E-state index contributed by atoms with van der Waals surface area (Å²) in [5.41, 5.74) is 5.84. The Kier molecular flexibility index (Phi) is 5.62. The third kappa shape index (κ3) is 4.26. The summed E-state index contributed by atoms with van der Waals surface area (Å²) in [4.78, 5) is 11.6. The molecule has 0 aliphatic carbocycles. The first-order chi connectivity index (χ1) is 8.97. The van der Waals surface area contributed by atoms with Crippen LogP contribution < -0.4 is 11.1 Å². The molecule has 0 saturated carbocycles. The monoisotopic (exact) mass is 312 g/mol. The molecule has 2 aromatic rings. The largest absolute Gasteiger partial charge is 0.348 e. The van der Waals surface area contributed by atoms with E-state index in [-0.39, 0.29) is 18.3 Å². The Hall–Kier alpha value is -1.50. The molecule has 0 radical (unpaired) electrons. The highest BCUT2D eigenvalue weighted by Crippen LogP contribution is 2.22. The summed E-state index contributed by atoms with van der Waals surface area (Å²) in [6.45, 7) is 3.68. The van der Waals surface area contributed by atoms with Crippen molar-refractivity contribution >= 4 is 29.7 Å². The number of nitrogens with one attached hydrogen (secondary N) is 1. The average Bonchev–Trinajstić information content (AvgIpc) is 2.84. The topological polar surface area (TPSA) is 80.9 Å². The Balaban J connectivity index is 0.00000200. The molecule has 2 rings (SSSR count). The van der Waals surface area contributed by atoms with E-state index < -0.39 is 5.54 Å². The molecule has 1 aromatic heterocycles. The lowest BCUT2D eigenvalue weighted by Crippen LogP contribution is -2.48. The van der Waals surface area contributed by atoms with Gasteiger partial charge in [-0.3, -0.25) is 4.79 Å². The van der Waals surface area contributed by atoms with Crippen molar-refractivity contribution < 1.29 is 4.79 Å². The molecular weight excluding hydrogens is 296 g/mol. The van der Waals surface area contributed by atoms with Gasteiger partial charge in [0.25, 0.3) is 0 Å². The number of hydrogen-bond acceptors (Lipinski definition) is 5. The van der Waals surface area contributed by atoms with Gasteiger partial charge in [0.2, 0.25) is 5.91 Å². The normalized spacial score (nSPS) is 10.8. The molecule has 5 nitrogen and oxygen atoms in total. The van der Waals surface area contributed by atoms with Crippen LogP contribution in [-0.4, -0.2) is 21.6 Å². The third-order valence-corrected chi connectivity index (χ3v) is 3.45. The first kappa shape index (κ1) is 16.6. The Morgan fingerprint density at radius 2 is 1.95 bits per heavy atom. The summed E-state index contributed by atoms with van der Waals surface area (Å²) in [5, 5.41) is 12.5. The molecule has 0 spiro atoms. The Bertz CT molecular complexity index is 565. The first-order valence-electron chi connectivity index (χ1n) is 5.92. The van der Waals surface area contributed by atoms with E-state index in [2.05, 4.69) is 15.5 Å². The SMILES string of the molecule is CC(C)(N)C(=O)NCc1nnc(-c2ccccc2)s1.Cl. The number of halogens is 1. The molecule has 0 aliphatic rings. The van der Waals surface area contributed by atoms with Crippen LogP contribution in [0.3, 0.4) is 0 Å². The second-order valence-corrected chi connectivity index (χ2v) is 5.83. The van der Waals surface area contributed by atoms with Gasteiger partial charge in [-0.1, -0.05) is 41.7 Å². The standard InChI is InChI=1S/C13H16N4OS.ClH/c1-13(2,14)12(18)15-8-10-16-17-11(19-10)9-6-4-3-5-7-9;/h3-7H,8,14H2,1-2H3,(H,15,18);1H. The lowest BCUT2D eigenvalue weighted by atomic mass is 10.1. The van der Waals surface area contributed by atoms with Gasteiger partial charge in [0.05, 0.1) is 12.1 Å². The second-order valence-electron chi connectivity index (χ2n) is 4.77. The van der Waals surface area contributed by atoms with Gasteiger partial charge in [0.1, 0.15) is 10.0 Å². The fourth-order valence-corrected chi connectivity index (χ4v) is 2.19. The van der Waals surface area contributed by atoms with E-state index in [0.29, 0.717) is 6.54 Å². The number of carbonyl (C=O) groups excluding carboxylic acids is 1. The van der Waals surface area contributed by atoms with Crippen LogP contribution in [0.15, 0.2) is 30.3 Å². The van der Waals surface area contributed by atoms with E-state index in [1.807, 2.05) is 30.3 Å². The van der Waals surface area contributed by atoms with Crippen LogP contribution >= 0.6 is 23.7 Å². The predicted octanol–water partition coefficient (Wildman–Crippen LogP) is 1.98. The number of rotatable bonds is 4. The lowest BCUT2D eigenvalue weighted by Gasteiger charge is -2.16. The van der Waals surface area contributed by atoms with E-state index >= 15 is 0 Å². The zero-order valence-electron chi connectivity index (χ0n) is 11.3. The zero-order valence-corrected chi connectivity index (χ0v) is 12.9. The summed E-state index contributed by atoms with van der Waals surface area (Å²) in [6, 6.07) is 9.82. The Morgan fingerprint density at radius 1 is 1.30 bits per heavy atom. The molecule has 0 unspecified atom stereocenters. The smallest absolute Gasteiger partial charge is 0.239 e. The maximum atomic E-state index is 11.6. The number of nitrogens with zero attached hydrogens (tertiary/aromatic N) is 2. The quantitative estimate of drug-likeness (QED) is 0.904. The summed E-state index contributed by atoms with van der Waals surface area (Å²) in [7, 11) is 0. The van der Waals surface area contributed by atoms with Crippen LogP contribution in [0, 0.1) is 0 Å². The zero-order chi connectivity index (χ0) is 13.9. The number of nitrogens with two attached hydrogens (primary N) is 1. The molecular formula is C13H17ClN4OS. The molecule has 1 heterocycles. The fraction of sp³-hybridized carbons (Fsp3) is 0.308. The first-order valence-corrected chi connectivity index (χ1v) is 6.73. The van der Waals surface area contributed by atoms with Gasteiger partial charge in [-0.2, -0.15) is 0 Å². The molecule has 0 atom stereocenters.